The lowest BCUT2D eigenvalue weighted by molar-refractivity contribution is -0.156. The molecule has 134 valence electrons. The van der Waals surface area contributed by atoms with E-state index in [0.29, 0.717) is 12.8 Å². The predicted octanol–water partition coefficient (Wildman–Crippen LogP) is 0.161. The van der Waals surface area contributed by atoms with Crippen LogP contribution in [0.5, 0.6) is 0 Å². The fourth-order valence-corrected chi connectivity index (χ4v) is 5.48. The van der Waals surface area contributed by atoms with Gasteiger partial charge in [-0.15, -0.1) is 11.3 Å². The summed E-state index contributed by atoms with van der Waals surface area (Å²) < 4.78 is 26.7. The summed E-state index contributed by atoms with van der Waals surface area (Å²) in [6.07, 6.45) is 0.891. The molecule has 0 aliphatic carbocycles. The summed E-state index contributed by atoms with van der Waals surface area (Å²) in [5.74, 6) is -2.07. The number of nitrogens with one attached hydrogen (secondary N) is 1. The molecule has 0 aromatic carbocycles. The molecule has 1 aliphatic heterocycles. The van der Waals surface area contributed by atoms with Crippen molar-refractivity contribution in [1.29, 1.82) is 0 Å². The number of aliphatic carboxylic acids is 1. The second kappa shape index (κ2) is 6.79. The number of carboxylic acid groups (broad SMARTS) is 1. The zero-order chi connectivity index (χ0) is 18.1. The molecule has 10 heteroatoms. The van der Waals surface area contributed by atoms with Crippen LogP contribution < -0.4 is 5.32 Å². The number of carbonyl (C=O) groups is 2. The van der Waals surface area contributed by atoms with Crippen molar-refractivity contribution in [2.45, 2.75) is 42.5 Å². The van der Waals surface area contributed by atoms with Crippen LogP contribution in [0.2, 0.25) is 0 Å². The fourth-order valence-electron chi connectivity index (χ4n) is 2.41. The van der Waals surface area contributed by atoms with Gasteiger partial charge in [-0.3, -0.25) is 4.79 Å². The molecule has 2 heterocycles. The van der Waals surface area contributed by atoms with Gasteiger partial charge < -0.3 is 15.5 Å². The first-order valence-electron chi connectivity index (χ1n) is 7.37. The second-order valence-corrected chi connectivity index (χ2v) is 9.34. The smallest absolute Gasteiger partial charge is 0.337 e. The highest BCUT2D eigenvalue weighted by Crippen LogP contribution is 2.30. The van der Waals surface area contributed by atoms with Gasteiger partial charge in [0.05, 0.1) is 6.54 Å². The van der Waals surface area contributed by atoms with Crippen molar-refractivity contribution in [2.75, 3.05) is 13.1 Å². The number of nitrogens with zero attached hydrogens (tertiary/aromatic N) is 1. The standard InChI is InChI=1S/C14H20N2O6S2/c1-9-5-6-11(23-9)24(21,22)16-7-3-4-10(16)12(17)15-8-14(2,20)13(18)19/h5-6,10,20H,3-4,7-8H2,1-2H3,(H,15,17)(H,18,19). The quantitative estimate of drug-likeness (QED) is 0.650. The van der Waals surface area contributed by atoms with Crippen LogP contribution in [0.1, 0.15) is 24.6 Å². The average molecular weight is 376 g/mol. The minimum Gasteiger partial charge on any atom is -0.479 e. The number of amides is 1. The van der Waals surface area contributed by atoms with Crippen molar-refractivity contribution in [1.82, 2.24) is 9.62 Å². The van der Waals surface area contributed by atoms with Gasteiger partial charge in [-0.25, -0.2) is 13.2 Å². The summed E-state index contributed by atoms with van der Waals surface area (Å²) in [5.41, 5.74) is -2.11. The van der Waals surface area contributed by atoms with Crippen LogP contribution in [0, 0.1) is 6.92 Å². The summed E-state index contributed by atoms with van der Waals surface area (Å²) in [5, 5.41) is 20.8. The third-order valence-electron chi connectivity index (χ3n) is 3.85. The fraction of sp³-hybridized carbons (Fsp3) is 0.571. The highest BCUT2D eigenvalue weighted by atomic mass is 32.2. The number of thiophene rings is 1. The van der Waals surface area contributed by atoms with Crippen molar-refractivity contribution in [3.63, 3.8) is 0 Å². The summed E-state index contributed by atoms with van der Waals surface area (Å²) in [6, 6.07) is 2.31. The Balaban J connectivity index is 2.13. The monoisotopic (exact) mass is 376 g/mol. The molecule has 1 aromatic rings. The third kappa shape index (κ3) is 3.77. The first-order chi connectivity index (χ1) is 11.1. The van der Waals surface area contributed by atoms with Crippen molar-refractivity contribution in [2.24, 2.45) is 0 Å². The molecule has 0 saturated carbocycles. The maximum Gasteiger partial charge on any atom is 0.337 e. The Morgan fingerprint density at radius 1 is 1.46 bits per heavy atom. The van der Waals surface area contributed by atoms with E-state index in [-0.39, 0.29) is 10.8 Å². The number of aliphatic hydroxyl groups is 1. The molecule has 24 heavy (non-hydrogen) atoms. The van der Waals surface area contributed by atoms with E-state index in [9.17, 15) is 23.1 Å². The van der Waals surface area contributed by atoms with Crippen LogP contribution in [0.15, 0.2) is 16.3 Å². The second-order valence-electron chi connectivity index (χ2n) is 5.94. The van der Waals surface area contributed by atoms with Crippen molar-refractivity contribution in [3.05, 3.63) is 17.0 Å². The lowest BCUT2D eigenvalue weighted by Gasteiger charge is -2.24. The van der Waals surface area contributed by atoms with Crippen LogP contribution in [0.4, 0.5) is 0 Å². The molecule has 8 nitrogen and oxygen atoms in total. The predicted molar refractivity (Wildman–Crippen MR) is 87.2 cm³/mol. The Labute approximate surface area is 144 Å². The van der Waals surface area contributed by atoms with E-state index in [1.165, 1.54) is 6.07 Å². The molecule has 2 unspecified atom stereocenters. The molecule has 1 amide bonds. The largest absolute Gasteiger partial charge is 0.479 e. The van der Waals surface area contributed by atoms with Gasteiger partial charge in [0.25, 0.3) is 10.0 Å². The lowest BCUT2D eigenvalue weighted by atomic mass is 10.1. The van der Waals surface area contributed by atoms with E-state index < -0.39 is 40.1 Å². The van der Waals surface area contributed by atoms with Crippen molar-refractivity contribution >= 4 is 33.2 Å². The zero-order valence-corrected chi connectivity index (χ0v) is 15.0. The van der Waals surface area contributed by atoms with Crippen LogP contribution in [0.3, 0.4) is 0 Å². The van der Waals surface area contributed by atoms with Crippen molar-refractivity contribution in [3.8, 4) is 0 Å². The number of rotatable bonds is 6. The number of sulfonamides is 1. The van der Waals surface area contributed by atoms with E-state index in [4.69, 9.17) is 5.11 Å². The van der Waals surface area contributed by atoms with E-state index in [0.717, 1.165) is 27.4 Å². The molecular formula is C14H20N2O6S2. The molecule has 3 N–H and O–H groups in total. The first kappa shape index (κ1) is 18.8. The third-order valence-corrected chi connectivity index (χ3v) is 7.23. The molecule has 0 bridgehead atoms. The number of aryl methyl sites for hydroxylation is 1. The average Bonchev–Trinajstić information content (AvgIpc) is 3.13. The summed E-state index contributed by atoms with van der Waals surface area (Å²) >= 11 is 1.14. The molecule has 2 rings (SSSR count). The Kier molecular flexibility index (Phi) is 5.33. The van der Waals surface area contributed by atoms with Crippen LogP contribution >= 0.6 is 11.3 Å². The highest BCUT2D eigenvalue weighted by molar-refractivity contribution is 7.91. The van der Waals surface area contributed by atoms with E-state index in [1.807, 2.05) is 0 Å². The minimum atomic E-state index is -3.77. The number of hydrogen-bond donors (Lipinski definition) is 3. The Morgan fingerprint density at radius 2 is 2.12 bits per heavy atom. The molecule has 1 aliphatic rings. The van der Waals surface area contributed by atoms with Gasteiger partial charge in [-0.1, -0.05) is 0 Å². The van der Waals surface area contributed by atoms with Gasteiger partial charge in [0, 0.05) is 11.4 Å². The van der Waals surface area contributed by atoms with Gasteiger partial charge in [0.1, 0.15) is 10.3 Å². The van der Waals surface area contributed by atoms with E-state index in [2.05, 4.69) is 5.32 Å². The van der Waals surface area contributed by atoms with Crippen LogP contribution in [-0.2, 0) is 19.6 Å². The number of hydrogen-bond acceptors (Lipinski definition) is 6. The topological polar surface area (TPSA) is 124 Å². The summed E-state index contributed by atoms with van der Waals surface area (Å²) in [4.78, 5) is 24.0. The number of carboxylic acids is 1. The van der Waals surface area contributed by atoms with Gasteiger partial charge in [0.2, 0.25) is 5.91 Å². The van der Waals surface area contributed by atoms with E-state index in [1.54, 1.807) is 13.0 Å². The maximum absolute atomic E-state index is 12.7. The van der Waals surface area contributed by atoms with Crippen molar-refractivity contribution < 1.29 is 28.2 Å². The van der Waals surface area contributed by atoms with Gasteiger partial charge in [-0.2, -0.15) is 4.31 Å². The Bertz CT molecular complexity index is 740. The molecule has 1 fully saturated rings. The minimum absolute atomic E-state index is 0.178. The molecule has 1 aromatic heterocycles. The Hall–Kier alpha value is -1.49. The highest BCUT2D eigenvalue weighted by Gasteiger charge is 2.41. The van der Waals surface area contributed by atoms with Gasteiger partial charge in [0.15, 0.2) is 5.60 Å². The molecule has 2 atom stereocenters. The Morgan fingerprint density at radius 3 is 2.67 bits per heavy atom. The first-order valence-corrected chi connectivity index (χ1v) is 9.63. The van der Waals surface area contributed by atoms with E-state index >= 15 is 0 Å². The lowest BCUT2D eigenvalue weighted by Crippen LogP contribution is -2.51. The summed E-state index contributed by atoms with van der Waals surface area (Å²) in [6.45, 7) is 2.59. The number of carbonyl (C=O) groups excluding carboxylic acids is 1. The van der Waals surface area contributed by atoms with Gasteiger partial charge >= 0.3 is 5.97 Å². The van der Waals surface area contributed by atoms with Crippen LogP contribution in [0.25, 0.3) is 0 Å². The maximum atomic E-state index is 12.7. The molecular weight excluding hydrogens is 356 g/mol. The summed E-state index contributed by atoms with van der Waals surface area (Å²) in [7, 11) is -3.77. The molecule has 1 saturated heterocycles. The van der Waals surface area contributed by atoms with Crippen LogP contribution in [-0.4, -0.2) is 59.5 Å². The molecule has 0 radical (unpaired) electrons. The SMILES string of the molecule is Cc1ccc(S(=O)(=O)N2CCCC2C(=O)NCC(C)(O)C(=O)O)s1. The molecule has 0 spiro atoms. The normalized spacial score (nSPS) is 21.4. The zero-order valence-electron chi connectivity index (χ0n) is 13.4. The van der Waals surface area contributed by atoms with Gasteiger partial charge in [-0.05, 0) is 38.8 Å².